The van der Waals surface area contributed by atoms with Crippen LogP contribution in [0.15, 0.2) is 24.3 Å². The van der Waals surface area contributed by atoms with E-state index in [4.69, 9.17) is 32.0 Å². The van der Waals surface area contributed by atoms with Gasteiger partial charge in [-0.05, 0) is 30.9 Å². The third kappa shape index (κ3) is 9.21. The number of imidazole rings is 1. The van der Waals surface area contributed by atoms with E-state index in [-0.39, 0.29) is 23.8 Å². The number of piperidine rings is 1. The Kier molecular flexibility index (Phi) is 11.8. The topological polar surface area (TPSA) is 164 Å². The Bertz CT molecular complexity index is 1220. The number of nitrogens with zero attached hydrogens (tertiary/aromatic N) is 4. The first-order chi connectivity index (χ1) is 19.0. The zero-order chi connectivity index (χ0) is 29.3. The van der Waals surface area contributed by atoms with Crippen LogP contribution in [0.3, 0.4) is 0 Å². The van der Waals surface area contributed by atoms with Crippen LogP contribution >= 0.6 is 0 Å². The maximum atomic E-state index is 14.1. The van der Waals surface area contributed by atoms with Gasteiger partial charge in [-0.15, -0.1) is 0 Å². The van der Waals surface area contributed by atoms with Crippen molar-refractivity contribution in [3.8, 4) is 0 Å². The average molecular weight is 584 g/mol. The number of para-hydroxylation sites is 2. The van der Waals surface area contributed by atoms with E-state index in [0.717, 1.165) is 17.5 Å². The lowest BCUT2D eigenvalue weighted by Crippen LogP contribution is -2.56. The van der Waals surface area contributed by atoms with Crippen LogP contribution in [-0.4, -0.2) is 114 Å². The van der Waals surface area contributed by atoms with Gasteiger partial charge in [0.2, 0.25) is 5.91 Å². The molecule has 0 bridgehead atoms. The van der Waals surface area contributed by atoms with Gasteiger partial charge in [-0.3, -0.25) is 18.7 Å². The first-order valence-corrected chi connectivity index (χ1v) is 14.9. The maximum absolute atomic E-state index is 14.1. The standard InChI is InChI=1S/C26H39N5O4.H2O4S/c1-19(2)18-31(21-15-20(16-27-17-21)25(32)29-10-13-35-14-11-29)26(33)24-28-22-7-4-5-8-23(22)30(24)9-6-12-34-3;1-5(2,3)4/h4-5,7-8,19-21,27H,6,9-18H2,1-3H3;(H2,1,2,3,4)/t20-,21+;/m1./s1. The van der Waals surface area contributed by atoms with Crippen molar-refractivity contribution in [1.29, 1.82) is 0 Å². The van der Waals surface area contributed by atoms with Crippen molar-refractivity contribution in [3.05, 3.63) is 30.1 Å². The molecule has 1 aromatic carbocycles. The van der Waals surface area contributed by atoms with Crippen LogP contribution in [0, 0.1) is 11.8 Å². The van der Waals surface area contributed by atoms with Gasteiger partial charge in [0.25, 0.3) is 5.91 Å². The average Bonchev–Trinajstić information content (AvgIpc) is 3.29. The highest BCUT2D eigenvalue weighted by Gasteiger charge is 2.36. The largest absolute Gasteiger partial charge is 0.394 e. The van der Waals surface area contributed by atoms with Gasteiger partial charge in [0.05, 0.1) is 30.2 Å². The molecule has 0 spiro atoms. The minimum absolute atomic E-state index is 0.0686. The van der Waals surface area contributed by atoms with Crippen LogP contribution < -0.4 is 5.32 Å². The van der Waals surface area contributed by atoms with Gasteiger partial charge in [0.1, 0.15) is 0 Å². The summed E-state index contributed by atoms with van der Waals surface area (Å²) in [6, 6.07) is 7.81. The second-order valence-corrected chi connectivity index (χ2v) is 11.3. The number of nitrogens with one attached hydrogen (secondary N) is 1. The van der Waals surface area contributed by atoms with Crippen molar-refractivity contribution in [2.75, 3.05) is 59.7 Å². The van der Waals surface area contributed by atoms with Crippen LogP contribution in [0.4, 0.5) is 0 Å². The third-order valence-electron chi connectivity index (χ3n) is 6.84. The van der Waals surface area contributed by atoms with Crippen LogP contribution in [0.2, 0.25) is 0 Å². The third-order valence-corrected chi connectivity index (χ3v) is 6.84. The van der Waals surface area contributed by atoms with Crippen molar-refractivity contribution in [1.82, 2.24) is 24.7 Å². The van der Waals surface area contributed by atoms with Crippen molar-refractivity contribution in [2.45, 2.75) is 39.3 Å². The predicted octanol–water partition coefficient (Wildman–Crippen LogP) is 1.36. The summed E-state index contributed by atoms with van der Waals surface area (Å²) in [5.41, 5.74) is 1.78. The highest BCUT2D eigenvalue weighted by atomic mass is 32.3. The molecule has 2 aliphatic heterocycles. The first-order valence-electron chi connectivity index (χ1n) is 13.5. The predicted molar refractivity (Wildman–Crippen MR) is 148 cm³/mol. The Morgan fingerprint density at radius 3 is 2.52 bits per heavy atom. The second kappa shape index (κ2) is 14.8. The van der Waals surface area contributed by atoms with Gasteiger partial charge in [-0.25, -0.2) is 4.98 Å². The van der Waals surface area contributed by atoms with Crippen molar-refractivity contribution in [3.63, 3.8) is 0 Å². The van der Waals surface area contributed by atoms with Crippen molar-refractivity contribution < 1.29 is 36.6 Å². The number of rotatable bonds is 9. The van der Waals surface area contributed by atoms with Gasteiger partial charge < -0.3 is 29.2 Å². The summed E-state index contributed by atoms with van der Waals surface area (Å²) in [5.74, 6) is 0.702. The summed E-state index contributed by atoms with van der Waals surface area (Å²) >= 11 is 0. The summed E-state index contributed by atoms with van der Waals surface area (Å²) in [6.07, 6.45) is 1.45. The van der Waals surface area contributed by atoms with Gasteiger partial charge in [-0.1, -0.05) is 26.0 Å². The molecule has 0 saturated carbocycles. The zero-order valence-corrected chi connectivity index (χ0v) is 24.2. The van der Waals surface area contributed by atoms with Crippen molar-refractivity contribution in [2.24, 2.45) is 11.8 Å². The lowest BCUT2D eigenvalue weighted by Gasteiger charge is -2.40. The molecule has 1 aromatic heterocycles. The Labute approximate surface area is 235 Å². The molecule has 2 amide bonds. The number of ether oxygens (including phenoxy) is 2. The molecule has 40 heavy (non-hydrogen) atoms. The summed E-state index contributed by atoms with van der Waals surface area (Å²) in [4.78, 5) is 35.9. The molecular weight excluding hydrogens is 542 g/mol. The molecule has 14 heteroatoms. The lowest BCUT2D eigenvalue weighted by atomic mass is 9.92. The quantitative estimate of drug-likeness (QED) is 0.290. The zero-order valence-electron chi connectivity index (χ0n) is 23.4. The molecule has 2 saturated heterocycles. The number of morpholine rings is 1. The van der Waals surface area contributed by atoms with E-state index in [2.05, 4.69) is 19.2 Å². The number of fused-ring (bicyclic) bond motifs is 1. The van der Waals surface area contributed by atoms with Gasteiger partial charge in [-0.2, -0.15) is 8.42 Å². The molecule has 3 N–H and O–H groups in total. The van der Waals surface area contributed by atoms with Gasteiger partial charge in [0, 0.05) is 59.0 Å². The minimum Gasteiger partial charge on any atom is -0.385 e. The van der Waals surface area contributed by atoms with E-state index in [1.807, 2.05) is 38.6 Å². The van der Waals surface area contributed by atoms with Crippen LogP contribution in [0.5, 0.6) is 0 Å². The van der Waals surface area contributed by atoms with E-state index in [0.29, 0.717) is 77.3 Å². The fourth-order valence-corrected chi connectivity index (χ4v) is 5.14. The molecule has 0 aliphatic carbocycles. The molecule has 0 unspecified atom stereocenters. The lowest BCUT2D eigenvalue weighted by molar-refractivity contribution is -0.140. The SMILES string of the molecule is COCCCn1c(C(=O)N(CC(C)C)[C@@H]2CNC[C@H](C(=O)N3CCOCC3)C2)nc2ccccc21.O=S(=O)(O)O. The van der Waals surface area contributed by atoms with Gasteiger partial charge >= 0.3 is 10.4 Å². The number of benzene rings is 1. The minimum atomic E-state index is -4.67. The summed E-state index contributed by atoms with van der Waals surface area (Å²) in [5, 5.41) is 3.43. The first kappa shape index (κ1) is 31.9. The molecule has 224 valence electrons. The summed E-state index contributed by atoms with van der Waals surface area (Å²) in [7, 11) is -2.98. The van der Waals surface area contributed by atoms with E-state index in [9.17, 15) is 9.59 Å². The number of aromatic nitrogens is 2. The second-order valence-electron chi connectivity index (χ2n) is 10.4. The molecule has 4 rings (SSSR count). The van der Waals surface area contributed by atoms with E-state index in [1.165, 1.54) is 0 Å². The fourth-order valence-electron chi connectivity index (χ4n) is 5.14. The Balaban J connectivity index is 0.000000810. The Hall–Kier alpha value is -2.62. The monoisotopic (exact) mass is 583 g/mol. The van der Waals surface area contributed by atoms with Gasteiger partial charge in [0.15, 0.2) is 5.82 Å². The van der Waals surface area contributed by atoms with E-state index >= 15 is 0 Å². The van der Waals surface area contributed by atoms with Crippen molar-refractivity contribution >= 4 is 33.2 Å². The summed E-state index contributed by atoms with van der Waals surface area (Å²) < 4.78 is 44.3. The number of aryl methyl sites for hydroxylation is 1. The molecule has 0 radical (unpaired) electrons. The number of methoxy groups -OCH3 is 1. The molecule has 3 heterocycles. The molecule has 2 fully saturated rings. The maximum Gasteiger partial charge on any atom is 0.394 e. The molecule has 2 atom stereocenters. The highest BCUT2D eigenvalue weighted by molar-refractivity contribution is 7.79. The Morgan fingerprint density at radius 2 is 1.88 bits per heavy atom. The number of hydrogen-bond donors (Lipinski definition) is 3. The highest BCUT2D eigenvalue weighted by Crippen LogP contribution is 2.24. The summed E-state index contributed by atoms with van der Waals surface area (Å²) in [6.45, 7) is 9.91. The normalized spacial score (nSPS) is 19.8. The number of carbonyl (C=O) groups excluding carboxylic acids is 2. The number of amides is 2. The Morgan fingerprint density at radius 1 is 1.20 bits per heavy atom. The van der Waals surface area contributed by atoms with Crippen LogP contribution in [0.1, 0.15) is 37.3 Å². The van der Waals surface area contributed by atoms with E-state index in [1.54, 1.807) is 7.11 Å². The molecule has 2 aliphatic rings. The number of carbonyl (C=O) groups is 2. The molecule has 13 nitrogen and oxygen atoms in total. The molecule has 2 aromatic rings. The van der Waals surface area contributed by atoms with Crippen LogP contribution in [-0.2, 0) is 31.2 Å². The van der Waals surface area contributed by atoms with Crippen LogP contribution in [0.25, 0.3) is 11.0 Å². The number of hydrogen-bond acceptors (Lipinski definition) is 8. The smallest absolute Gasteiger partial charge is 0.385 e. The van der Waals surface area contributed by atoms with E-state index < -0.39 is 10.4 Å². The molecular formula is C26H41N5O8S. The fraction of sp³-hybridized carbons (Fsp3) is 0.654.